The summed E-state index contributed by atoms with van der Waals surface area (Å²) in [6.07, 6.45) is 3.63. The monoisotopic (exact) mass is 298 g/mol. The first-order valence-corrected chi connectivity index (χ1v) is 8.21. The van der Waals surface area contributed by atoms with Crippen molar-refractivity contribution in [1.29, 1.82) is 5.26 Å². The maximum atomic E-state index is 12.5. The lowest BCUT2D eigenvalue weighted by molar-refractivity contribution is 0.0890. The molecule has 108 valence electrons. The van der Waals surface area contributed by atoms with Gasteiger partial charge in [-0.2, -0.15) is 5.26 Å². The molecular weight excluding hydrogens is 280 g/mol. The molecule has 1 aromatic carbocycles. The van der Waals surface area contributed by atoms with Crippen molar-refractivity contribution in [2.75, 3.05) is 0 Å². The lowest BCUT2D eigenvalue weighted by atomic mass is 9.77. The Morgan fingerprint density at radius 2 is 2.33 bits per heavy atom. The number of carbonyl (C=O) groups excluding carboxylic acids is 1. The van der Waals surface area contributed by atoms with Crippen molar-refractivity contribution in [3.8, 4) is 6.07 Å². The first-order valence-electron chi connectivity index (χ1n) is 7.33. The molecule has 2 aromatic rings. The number of hydrogen-bond donors (Lipinski definition) is 1. The molecule has 1 aliphatic rings. The summed E-state index contributed by atoms with van der Waals surface area (Å²) < 4.78 is 1.17. The van der Waals surface area contributed by atoms with E-state index in [1.165, 1.54) is 4.70 Å². The number of carbonyl (C=O) groups is 1. The Morgan fingerprint density at radius 3 is 3.10 bits per heavy atom. The molecule has 1 aliphatic carbocycles. The van der Waals surface area contributed by atoms with Crippen LogP contribution >= 0.6 is 11.3 Å². The molecular formula is C17H18N2OS. The molecule has 3 nitrogen and oxygen atoms in total. The highest BCUT2D eigenvalue weighted by Crippen LogP contribution is 2.32. The minimum Gasteiger partial charge on any atom is -0.334 e. The standard InChI is InChI=1S/C17H18N2OS/c1-12-3-2-7-17(10-12,11-18)19-16(20)14-4-5-15-13(9-14)6-8-21-15/h4-6,8-9,12H,2-3,7,10H2,1H3,(H,19,20). The summed E-state index contributed by atoms with van der Waals surface area (Å²) in [6.45, 7) is 2.15. The Bertz CT molecular complexity index is 715. The van der Waals surface area contributed by atoms with Crippen LogP contribution < -0.4 is 5.32 Å². The summed E-state index contributed by atoms with van der Waals surface area (Å²) in [7, 11) is 0. The van der Waals surface area contributed by atoms with Crippen molar-refractivity contribution >= 4 is 27.3 Å². The molecule has 1 saturated carbocycles. The quantitative estimate of drug-likeness (QED) is 0.907. The van der Waals surface area contributed by atoms with Crippen LogP contribution in [0, 0.1) is 17.2 Å². The number of fused-ring (bicyclic) bond motifs is 1. The lowest BCUT2D eigenvalue weighted by Crippen LogP contribution is -2.50. The summed E-state index contributed by atoms with van der Waals surface area (Å²) in [5.41, 5.74) is -0.0630. The molecule has 2 atom stereocenters. The largest absolute Gasteiger partial charge is 0.334 e. The van der Waals surface area contributed by atoms with Gasteiger partial charge in [-0.1, -0.05) is 13.3 Å². The summed E-state index contributed by atoms with van der Waals surface area (Å²) in [5, 5.41) is 15.6. The molecule has 21 heavy (non-hydrogen) atoms. The van der Waals surface area contributed by atoms with Gasteiger partial charge in [0.1, 0.15) is 5.54 Å². The average molecular weight is 298 g/mol. The topological polar surface area (TPSA) is 52.9 Å². The van der Waals surface area contributed by atoms with Gasteiger partial charge in [0.25, 0.3) is 5.91 Å². The first kappa shape index (κ1) is 14.1. The zero-order chi connectivity index (χ0) is 14.9. The Hall–Kier alpha value is -1.86. The number of nitrogens with one attached hydrogen (secondary N) is 1. The van der Waals surface area contributed by atoms with Gasteiger partial charge < -0.3 is 5.32 Å². The zero-order valence-electron chi connectivity index (χ0n) is 12.1. The predicted molar refractivity (Wildman–Crippen MR) is 85.3 cm³/mol. The van der Waals surface area contributed by atoms with E-state index >= 15 is 0 Å². The van der Waals surface area contributed by atoms with Gasteiger partial charge in [0.05, 0.1) is 6.07 Å². The van der Waals surface area contributed by atoms with E-state index in [-0.39, 0.29) is 5.91 Å². The van der Waals surface area contributed by atoms with Crippen molar-refractivity contribution < 1.29 is 4.79 Å². The third kappa shape index (κ3) is 2.79. The number of nitriles is 1. The van der Waals surface area contributed by atoms with Gasteiger partial charge in [0, 0.05) is 10.3 Å². The molecule has 1 aromatic heterocycles. The highest BCUT2D eigenvalue weighted by atomic mass is 32.1. The van der Waals surface area contributed by atoms with E-state index in [4.69, 9.17) is 0 Å². The minimum atomic E-state index is -0.696. The second-order valence-corrected chi connectivity index (χ2v) is 6.97. The molecule has 0 radical (unpaired) electrons. The fourth-order valence-corrected chi connectivity index (χ4v) is 3.96. The SMILES string of the molecule is CC1CCCC(C#N)(NC(=O)c2ccc3sccc3c2)C1. The molecule has 1 fully saturated rings. The lowest BCUT2D eigenvalue weighted by Gasteiger charge is -2.35. The summed E-state index contributed by atoms with van der Waals surface area (Å²) in [5.74, 6) is 0.344. The third-order valence-corrected chi connectivity index (χ3v) is 5.18. The van der Waals surface area contributed by atoms with Crippen molar-refractivity contribution in [3.63, 3.8) is 0 Å². The molecule has 4 heteroatoms. The van der Waals surface area contributed by atoms with Crippen LogP contribution in [-0.4, -0.2) is 11.4 Å². The van der Waals surface area contributed by atoms with Crippen molar-refractivity contribution in [3.05, 3.63) is 35.2 Å². The van der Waals surface area contributed by atoms with Gasteiger partial charge in [-0.15, -0.1) is 11.3 Å². The number of rotatable bonds is 2. The highest BCUT2D eigenvalue weighted by Gasteiger charge is 2.36. The van der Waals surface area contributed by atoms with E-state index in [2.05, 4.69) is 18.3 Å². The van der Waals surface area contributed by atoms with E-state index in [1.54, 1.807) is 11.3 Å². The van der Waals surface area contributed by atoms with E-state index in [1.807, 2.05) is 29.6 Å². The molecule has 0 bridgehead atoms. The molecule has 0 aliphatic heterocycles. The summed E-state index contributed by atoms with van der Waals surface area (Å²) in [4.78, 5) is 12.5. The van der Waals surface area contributed by atoms with Gasteiger partial charge in [-0.3, -0.25) is 4.79 Å². The molecule has 0 spiro atoms. The van der Waals surface area contributed by atoms with Crippen LogP contribution in [0.5, 0.6) is 0 Å². The van der Waals surface area contributed by atoms with E-state index in [0.29, 0.717) is 11.5 Å². The Labute approximate surface area is 128 Å². The minimum absolute atomic E-state index is 0.140. The third-order valence-electron chi connectivity index (χ3n) is 4.28. The van der Waals surface area contributed by atoms with Crippen LogP contribution in [0.2, 0.25) is 0 Å². The average Bonchev–Trinajstić information content (AvgIpc) is 2.94. The molecule has 1 amide bonds. The number of hydrogen-bond acceptors (Lipinski definition) is 3. The highest BCUT2D eigenvalue weighted by molar-refractivity contribution is 7.17. The number of thiophene rings is 1. The predicted octanol–water partition coefficient (Wildman–Crippen LogP) is 4.10. The Morgan fingerprint density at radius 1 is 1.48 bits per heavy atom. The van der Waals surface area contributed by atoms with Crippen LogP contribution in [0.4, 0.5) is 0 Å². The van der Waals surface area contributed by atoms with Crippen LogP contribution in [0.25, 0.3) is 10.1 Å². The molecule has 1 heterocycles. The Balaban J connectivity index is 1.82. The second kappa shape index (κ2) is 5.50. The van der Waals surface area contributed by atoms with Gasteiger partial charge in [0.2, 0.25) is 0 Å². The smallest absolute Gasteiger partial charge is 0.252 e. The van der Waals surface area contributed by atoms with Crippen LogP contribution in [0.15, 0.2) is 29.6 Å². The van der Waals surface area contributed by atoms with Gasteiger partial charge in [0.15, 0.2) is 0 Å². The second-order valence-electron chi connectivity index (χ2n) is 6.02. The van der Waals surface area contributed by atoms with Crippen molar-refractivity contribution in [1.82, 2.24) is 5.32 Å². The Kier molecular flexibility index (Phi) is 3.69. The van der Waals surface area contributed by atoms with Gasteiger partial charge >= 0.3 is 0 Å². The van der Waals surface area contributed by atoms with Crippen LogP contribution in [-0.2, 0) is 0 Å². The van der Waals surface area contributed by atoms with E-state index < -0.39 is 5.54 Å². The van der Waals surface area contributed by atoms with Gasteiger partial charge in [-0.25, -0.2) is 0 Å². The molecule has 3 rings (SSSR count). The molecule has 0 saturated heterocycles. The molecule has 2 unspecified atom stereocenters. The zero-order valence-corrected chi connectivity index (χ0v) is 12.9. The van der Waals surface area contributed by atoms with Crippen molar-refractivity contribution in [2.24, 2.45) is 5.92 Å². The first-order chi connectivity index (χ1) is 10.1. The maximum Gasteiger partial charge on any atom is 0.252 e. The number of amides is 1. The number of nitrogens with zero attached hydrogens (tertiary/aromatic N) is 1. The number of benzene rings is 1. The van der Waals surface area contributed by atoms with Crippen LogP contribution in [0.3, 0.4) is 0 Å². The van der Waals surface area contributed by atoms with Crippen molar-refractivity contribution in [2.45, 2.75) is 38.1 Å². The maximum absolute atomic E-state index is 12.5. The van der Waals surface area contributed by atoms with Crippen LogP contribution in [0.1, 0.15) is 43.0 Å². The van der Waals surface area contributed by atoms with E-state index in [0.717, 1.165) is 31.1 Å². The fourth-order valence-electron chi connectivity index (χ4n) is 3.19. The van der Waals surface area contributed by atoms with Gasteiger partial charge in [-0.05, 0) is 60.2 Å². The normalized spacial score (nSPS) is 25.4. The molecule has 1 N–H and O–H groups in total. The summed E-state index contributed by atoms with van der Waals surface area (Å²) >= 11 is 1.66. The van der Waals surface area contributed by atoms with E-state index in [9.17, 15) is 10.1 Å². The summed E-state index contributed by atoms with van der Waals surface area (Å²) in [6, 6.07) is 10.1. The fraction of sp³-hybridized carbons (Fsp3) is 0.412.